The smallest absolute Gasteiger partial charge is 0.417 e. The van der Waals surface area contributed by atoms with E-state index in [1.165, 1.54) is 6.07 Å². The van der Waals surface area contributed by atoms with Gasteiger partial charge < -0.3 is 14.4 Å². The Balaban J connectivity index is 1.71. The van der Waals surface area contributed by atoms with Gasteiger partial charge in [-0.05, 0) is 37.6 Å². The molecule has 2 aromatic heterocycles. The van der Waals surface area contributed by atoms with Crippen LogP contribution < -0.4 is 10.0 Å². The van der Waals surface area contributed by atoms with Gasteiger partial charge in [-0.2, -0.15) is 13.2 Å². The molecule has 0 saturated carbocycles. The molecule has 30 heavy (non-hydrogen) atoms. The Morgan fingerprint density at radius 1 is 1.23 bits per heavy atom. The number of hydrogen-bond acceptors (Lipinski definition) is 5. The molecule has 2 atom stereocenters. The second kappa shape index (κ2) is 7.93. The standard InChI is InChI=1S/C20H20F3N5OS/c1-12-3-8-19-27-17(11-28(12)19)15-9-14(30(29)24-2)5-6-16(15)26-18-7-4-13(10-25-18)20(21,22)23/h4-7,9-12,24H,3,8H2,1-2H3,(H,25,26). The van der Waals surface area contributed by atoms with Crippen LogP contribution >= 0.6 is 0 Å². The lowest BCUT2D eigenvalue weighted by Gasteiger charge is -2.14. The summed E-state index contributed by atoms with van der Waals surface area (Å²) < 4.78 is 55.4. The molecular weight excluding hydrogens is 415 g/mol. The zero-order valence-corrected chi connectivity index (χ0v) is 17.1. The minimum atomic E-state index is -4.44. The molecule has 3 heterocycles. The quantitative estimate of drug-likeness (QED) is 0.579. The summed E-state index contributed by atoms with van der Waals surface area (Å²) in [6.45, 7) is 2.12. The molecule has 0 spiro atoms. The number of aryl methyl sites for hydroxylation is 1. The summed E-state index contributed by atoms with van der Waals surface area (Å²) in [5.41, 5.74) is 1.21. The second-order valence-corrected chi connectivity index (χ2v) is 8.49. The summed E-state index contributed by atoms with van der Waals surface area (Å²) in [6, 6.07) is 7.79. The van der Waals surface area contributed by atoms with Crippen molar-refractivity contribution in [1.82, 2.24) is 19.3 Å². The fourth-order valence-electron chi connectivity index (χ4n) is 3.46. The van der Waals surface area contributed by atoms with E-state index in [4.69, 9.17) is 4.98 Å². The summed E-state index contributed by atoms with van der Waals surface area (Å²) in [5, 5.41) is 3.06. The Morgan fingerprint density at radius 2 is 2.03 bits per heavy atom. The third kappa shape index (κ3) is 4.03. The first kappa shape index (κ1) is 20.7. The van der Waals surface area contributed by atoms with Crippen molar-refractivity contribution in [2.24, 2.45) is 0 Å². The number of halogens is 3. The van der Waals surface area contributed by atoms with Crippen LogP contribution in [-0.2, 0) is 24.0 Å². The van der Waals surface area contributed by atoms with E-state index in [2.05, 4.69) is 26.5 Å². The van der Waals surface area contributed by atoms with Gasteiger partial charge in [-0.1, -0.05) is 0 Å². The zero-order chi connectivity index (χ0) is 21.5. The minimum absolute atomic E-state index is 0.270. The number of nitrogens with zero attached hydrogens (tertiary/aromatic N) is 3. The van der Waals surface area contributed by atoms with Gasteiger partial charge in [-0.25, -0.2) is 9.97 Å². The molecule has 6 nitrogen and oxygen atoms in total. The van der Waals surface area contributed by atoms with Crippen LogP contribution in [0.1, 0.15) is 30.8 Å². The Bertz CT molecular complexity index is 1050. The van der Waals surface area contributed by atoms with Crippen molar-refractivity contribution in [3.05, 3.63) is 54.1 Å². The van der Waals surface area contributed by atoms with Crippen molar-refractivity contribution in [3.63, 3.8) is 0 Å². The first-order valence-corrected chi connectivity index (χ1v) is 10.5. The van der Waals surface area contributed by atoms with Gasteiger partial charge in [0.2, 0.25) is 0 Å². The minimum Gasteiger partial charge on any atom is -0.593 e. The fraction of sp³-hybridized carbons (Fsp3) is 0.300. The van der Waals surface area contributed by atoms with Crippen LogP contribution in [0.3, 0.4) is 0 Å². The van der Waals surface area contributed by atoms with Gasteiger partial charge in [0.25, 0.3) is 0 Å². The molecule has 2 N–H and O–H groups in total. The number of aromatic nitrogens is 3. The van der Waals surface area contributed by atoms with Crippen molar-refractivity contribution < 1.29 is 17.7 Å². The lowest BCUT2D eigenvalue weighted by atomic mass is 10.1. The SMILES string of the molecule is CN[S+]([O-])c1ccc(Nc2ccc(C(F)(F)F)cn2)c(-c2cn3c(n2)CCC3C)c1. The Labute approximate surface area is 174 Å². The average molecular weight is 435 g/mol. The van der Waals surface area contributed by atoms with E-state index >= 15 is 0 Å². The van der Waals surface area contributed by atoms with E-state index < -0.39 is 23.1 Å². The Morgan fingerprint density at radius 3 is 2.67 bits per heavy atom. The van der Waals surface area contributed by atoms with Crippen molar-refractivity contribution in [1.29, 1.82) is 0 Å². The van der Waals surface area contributed by atoms with Gasteiger partial charge in [0.1, 0.15) is 11.6 Å². The zero-order valence-electron chi connectivity index (χ0n) is 16.3. The number of imidazole rings is 1. The average Bonchev–Trinajstić information content (AvgIpc) is 3.29. The normalized spacial score (nSPS) is 17.1. The lowest BCUT2D eigenvalue weighted by Crippen LogP contribution is -2.18. The van der Waals surface area contributed by atoms with Gasteiger partial charge >= 0.3 is 6.18 Å². The topological polar surface area (TPSA) is 77.8 Å². The molecule has 4 rings (SSSR count). The maximum absolute atomic E-state index is 12.8. The van der Waals surface area contributed by atoms with E-state index in [-0.39, 0.29) is 5.82 Å². The third-order valence-corrected chi connectivity index (χ3v) is 6.14. The number of hydrogen-bond donors (Lipinski definition) is 2. The molecule has 0 aliphatic carbocycles. The summed E-state index contributed by atoms with van der Waals surface area (Å²) >= 11 is -1.39. The predicted octanol–water partition coefficient (Wildman–Crippen LogP) is 4.46. The van der Waals surface area contributed by atoms with E-state index in [9.17, 15) is 17.7 Å². The van der Waals surface area contributed by atoms with Gasteiger partial charge in [0, 0.05) is 49.2 Å². The van der Waals surface area contributed by atoms with Crippen LogP contribution in [0.5, 0.6) is 0 Å². The highest BCUT2D eigenvalue weighted by atomic mass is 32.2. The first-order valence-electron chi connectivity index (χ1n) is 9.38. The molecule has 3 aromatic rings. The first-order chi connectivity index (χ1) is 14.3. The number of benzene rings is 1. The number of fused-ring (bicyclic) bond motifs is 1. The molecule has 10 heteroatoms. The van der Waals surface area contributed by atoms with Crippen LogP contribution in [-0.4, -0.2) is 26.1 Å². The molecule has 1 aliphatic heterocycles. The summed E-state index contributed by atoms with van der Waals surface area (Å²) in [5.74, 6) is 1.25. The highest BCUT2D eigenvalue weighted by Gasteiger charge is 2.30. The largest absolute Gasteiger partial charge is 0.593 e. The molecule has 0 fully saturated rings. The molecule has 0 saturated heterocycles. The van der Waals surface area contributed by atoms with Crippen molar-refractivity contribution >= 4 is 22.9 Å². The van der Waals surface area contributed by atoms with Crippen LogP contribution in [0.2, 0.25) is 0 Å². The Hall–Kier alpha value is -2.56. The third-order valence-electron chi connectivity index (χ3n) is 5.09. The lowest BCUT2D eigenvalue weighted by molar-refractivity contribution is -0.137. The molecule has 1 aromatic carbocycles. The van der Waals surface area contributed by atoms with Gasteiger partial charge in [0.05, 0.1) is 22.6 Å². The Kier molecular flexibility index (Phi) is 5.48. The fourth-order valence-corrected chi connectivity index (χ4v) is 4.11. The second-order valence-electron chi connectivity index (χ2n) is 7.07. The van der Waals surface area contributed by atoms with Crippen molar-refractivity contribution in [3.8, 4) is 11.3 Å². The highest BCUT2D eigenvalue weighted by molar-refractivity contribution is 7.89. The van der Waals surface area contributed by atoms with Gasteiger partial charge in [-0.3, -0.25) is 0 Å². The van der Waals surface area contributed by atoms with E-state index in [1.807, 2.05) is 6.20 Å². The number of anilines is 2. The molecule has 0 radical (unpaired) electrons. The molecule has 1 aliphatic rings. The highest BCUT2D eigenvalue weighted by Crippen LogP contribution is 2.35. The van der Waals surface area contributed by atoms with E-state index in [0.29, 0.717) is 27.9 Å². The van der Waals surface area contributed by atoms with Crippen LogP contribution in [0.15, 0.2) is 47.6 Å². The van der Waals surface area contributed by atoms with Crippen LogP contribution in [0.4, 0.5) is 24.7 Å². The maximum Gasteiger partial charge on any atom is 0.417 e. The number of rotatable bonds is 5. The predicted molar refractivity (Wildman–Crippen MR) is 109 cm³/mol. The monoisotopic (exact) mass is 435 g/mol. The van der Waals surface area contributed by atoms with Crippen LogP contribution in [0, 0.1) is 0 Å². The summed E-state index contributed by atoms with van der Waals surface area (Å²) in [4.78, 5) is 9.17. The molecule has 2 unspecified atom stereocenters. The maximum atomic E-state index is 12.8. The van der Waals surface area contributed by atoms with Crippen molar-refractivity contribution in [2.75, 3.05) is 12.4 Å². The van der Waals surface area contributed by atoms with Gasteiger partial charge in [0.15, 0.2) is 4.90 Å². The molecule has 158 valence electrons. The molecule has 0 amide bonds. The summed E-state index contributed by atoms with van der Waals surface area (Å²) in [6.07, 6.45) is 0.224. The molecule has 0 bridgehead atoms. The summed E-state index contributed by atoms with van der Waals surface area (Å²) in [7, 11) is 1.60. The molecular formula is C20H20F3N5OS. The van der Waals surface area contributed by atoms with E-state index in [0.717, 1.165) is 30.9 Å². The van der Waals surface area contributed by atoms with E-state index in [1.54, 1.807) is 25.2 Å². The number of pyridine rings is 1. The number of nitrogens with one attached hydrogen (secondary N) is 2. The van der Waals surface area contributed by atoms with Gasteiger partial charge in [-0.15, -0.1) is 4.72 Å². The number of alkyl halides is 3. The van der Waals surface area contributed by atoms with Crippen molar-refractivity contribution in [2.45, 2.75) is 36.9 Å². The van der Waals surface area contributed by atoms with Crippen LogP contribution in [0.25, 0.3) is 11.3 Å².